The van der Waals surface area contributed by atoms with Gasteiger partial charge in [-0.05, 0) is 12.3 Å². The molecule has 3 atom stereocenters. The first-order chi connectivity index (χ1) is 5.15. The van der Waals surface area contributed by atoms with Gasteiger partial charge in [0.15, 0.2) is 0 Å². The fourth-order valence-corrected chi connectivity index (χ4v) is 1.56. The minimum Gasteiger partial charge on any atom is -0.390 e. The highest BCUT2D eigenvalue weighted by Gasteiger charge is 2.33. The van der Waals surface area contributed by atoms with Crippen molar-refractivity contribution >= 4 is 0 Å². The van der Waals surface area contributed by atoms with E-state index in [0.29, 0.717) is 5.92 Å². The Balaban J connectivity index is 2.43. The Morgan fingerprint density at radius 2 is 2.18 bits per heavy atom. The van der Waals surface area contributed by atoms with Crippen LogP contribution in [-0.2, 0) is 4.74 Å². The van der Waals surface area contributed by atoms with E-state index in [-0.39, 0.29) is 18.3 Å². The topological polar surface area (TPSA) is 29.5 Å². The molecule has 0 amide bonds. The molecule has 11 heavy (non-hydrogen) atoms. The van der Waals surface area contributed by atoms with Gasteiger partial charge in [0.05, 0.1) is 18.3 Å². The van der Waals surface area contributed by atoms with E-state index in [4.69, 9.17) is 4.74 Å². The molecule has 1 aliphatic heterocycles. The first kappa shape index (κ1) is 9.01. The van der Waals surface area contributed by atoms with E-state index >= 15 is 0 Å². The molecule has 1 saturated heterocycles. The molecule has 1 rings (SSSR count). The predicted octanol–water partition coefficient (Wildman–Crippen LogP) is 1.57. The van der Waals surface area contributed by atoms with Crippen LogP contribution in [0.3, 0.4) is 0 Å². The van der Waals surface area contributed by atoms with Crippen molar-refractivity contribution in [3.8, 4) is 0 Å². The molecule has 2 heteroatoms. The van der Waals surface area contributed by atoms with E-state index in [1.54, 1.807) is 0 Å². The molecule has 0 spiro atoms. The monoisotopic (exact) mass is 158 g/mol. The van der Waals surface area contributed by atoms with Crippen molar-refractivity contribution in [3.05, 3.63) is 0 Å². The second-order valence-corrected chi connectivity index (χ2v) is 3.67. The summed E-state index contributed by atoms with van der Waals surface area (Å²) in [5.41, 5.74) is 0. The van der Waals surface area contributed by atoms with Gasteiger partial charge >= 0.3 is 0 Å². The Labute approximate surface area is 68.6 Å². The minimum atomic E-state index is -0.229. The molecule has 0 aromatic heterocycles. The average molecular weight is 158 g/mol. The van der Waals surface area contributed by atoms with Crippen LogP contribution in [0.4, 0.5) is 0 Å². The third-order valence-electron chi connectivity index (χ3n) is 2.40. The summed E-state index contributed by atoms with van der Waals surface area (Å²) < 4.78 is 5.63. The van der Waals surface area contributed by atoms with Crippen molar-refractivity contribution in [2.24, 2.45) is 5.92 Å². The van der Waals surface area contributed by atoms with E-state index in [1.807, 2.05) is 0 Å². The van der Waals surface area contributed by atoms with Crippen LogP contribution in [0.15, 0.2) is 0 Å². The van der Waals surface area contributed by atoms with E-state index in [1.165, 1.54) is 0 Å². The lowest BCUT2D eigenvalue weighted by Gasteiger charge is -2.14. The Kier molecular flexibility index (Phi) is 2.90. The summed E-state index contributed by atoms with van der Waals surface area (Å²) in [6, 6.07) is 0. The van der Waals surface area contributed by atoms with Crippen LogP contribution in [0.1, 0.15) is 33.6 Å². The maximum atomic E-state index is 9.48. The summed E-state index contributed by atoms with van der Waals surface area (Å²) in [6.45, 7) is 6.32. The van der Waals surface area contributed by atoms with Crippen molar-refractivity contribution in [2.75, 3.05) is 0 Å². The second kappa shape index (κ2) is 3.55. The van der Waals surface area contributed by atoms with Crippen molar-refractivity contribution in [3.63, 3.8) is 0 Å². The summed E-state index contributed by atoms with van der Waals surface area (Å²) in [6.07, 6.45) is 1.87. The van der Waals surface area contributed by atoms with E-state index in [2.05, 4.69) is 20.8 Å². The third-order valence-corrected chi connectivity index (χ3v) is 2.40. The van der Waals surface area contributed by atoms with Crippen LogP contribution in [-0.4, -0.2) is 23.4 Å². The van der Waals surface area contributed by atoms with Gasteiger partial charge in [0.25, 0.3) is 0 Å². The number of rotatable bonds is 2. The molecule has 1 aliphatic rings. The summed E-state index contributed by atoms with van der Waals surface area (Å²) in [7, 11) is 0. The van der Waals surface area contributed by atoms with Crippen LogP contribution < -0.4 is 0 Å². The van der Waals surface area contributed by atoms with Gasteiger partial charge in [-0.25, -0.2) is 0 Å². The standard InChI is InChI=1S/C9H18O2/c1-4-8-7(10)5-9(11-8)6(2)3/h6-10H,4-5H2,1-3H3/t7-,8-,9-/m1/s1. The van der Waals surface area contributed by atoms with Crippen LogP contribution >= 0.6 is 0 Å². The number of ether oxygens (including phenoxy) is 1. The third kappa shape index (κ3) is 1.94. The average Bonchev–Trinajstić information content (AvgIpc) is 2.31. The Morgan fingerprint density at radius 1 is 1.55 bits per heavy atom. The molecule has 0 aliphatic carbocycles. The summed E-state index contributed by atoms with van der Waals surface area (Å²) in [5.74, 6) is 0.529. The fraction of sp³-hybridized carbons (Fsp3) is 1.00. The van der Waals surface area contributed by atoms with E-state index in [0.717, 1.165) is 12.8 Å². The molecular weight excluding hydrogens is 140 g/mol. The molecule has 0 aromatic rings. The first-order valence-corrected chi connectivity index (χ1v) is 4.48. The highest BCUT2D eigenvalue weighted by Crippen LogP contribution is 2.26. The molecule has 0 radical (unpaired) electrons. The summed E-state index contributed by atoms with van der Waals surface area (Å²) in [4.78, 5) is 0. The maximum absolute atomic E-state index is 9.48. The SMILES string of the molecule is CC[C@H]1O[C@@H](C(C)C)C[C@H]1O. The van der Waals surface area contributed by atoms with Crippen molar-refractivity contribution in [1.82, 2.24) is 0 Å². The lowest BCUT2D eigenvalue weighted by molar-refractivity contribution is -0.00693. The molecule has 1 fully saturated rings. The van der Waals surface area contributed by atoms with Gasteiger partial charge in [-0.15, -0.1) is 0 Å². The van der Waals surface area contributed by atoms with Crippen LogP contribution in [0.25, 0.3) is 0 Å². The minimum absolute atomic E-state index is 0.0856. The number of hydrogen-bond donors (Lipinski definition) is 1. The zero-order valence-corrected chi connectivity index (χ0v) is 7.58. The predicted molar refractivity (Wildman–Crippen MR) is 44.4 cm³/mol. The highest BCUT2D eigenvalue weighted by molar-refractivity contribution is 4.82. The van der Waals surface area contributed by atoms with Crippen LogP contribution in [0, 0.1) is 5.92 Å². The molecule has 0 aromatic carbocycles. The smallest absolute Gasteiger partial charge is 0.0836 e. The van der Waals surface area contributed by atoms with Gasteiger partial charge in [0, 0.05) is 6.42 Å². The number of aliphatic hydroxyl groups is 1. The Bertz CT molecular complexity index is 123. The number of hydrogen-bond acceptors (Lipinski definition) is 2. The quantitative estimate of drug-likeness (QED) is 0.661. The molecule has 66 valence electrons. The van der Waals surface area contributed by atoms with Gasteiger partial charge < -0.3 is 9.84 Å². The van der Waals surface area contributed by atoms with Gasteiger partial charge in [-0.2, -0.15) is 0 Å². The van der Waals surface area contributed by atoms with Crippen molar-refractivity contribution in [2.45, 2.75) is 51.9 Å². The zero-order valence-electron chi connectivity index (χ0n) is 7.58. The molecule has 0 saturated carbocycles. The van der Waals surface area contributed by atoms with Crippen molar-refractivity contribution in [1.29, 1.82) is 0 Å². The van der Waals surface area contributed by atoms with Gasteiger partial charge in [0.2, 0.25) is 0 Å². The fourth-order valence-electron chi connectivity index (χ4n) is 1.56. The molecule has 0 bridgehead atoms. The molecule has 2 nitrogen and oxygen atoms in total. The molecular formula is C9H18O2. The van der Waals surface area contributed by atoms with Gasteiger partial charge in [0.1, 0.15) is 0 Å². The highest BCUT2D eigenvalue weighted by atomic mass is 16.5. The van der Waals surface area contributed by atoms with Gasteiger partial charge in [-0.3, -0.25) is 0 Å². The van der Waals surface area contributed by atoms with Crippen LogP contribution in [0.2, 0.25) is 0 Å². The molecule has 0 unspecified atom stereocenters. The summed E-state index contributed by atoms with van der Waals surface area (Å²) >= 11 is 0. The largest absolute Gasteiger partial charge is 0.390 e. The normalized spacial score (nSPS) is 38.5. The maximum Gasteiger partial charge on any atom is 0.0836 e. The van der Waals surface area contributed by atoms with Gasteiger partial charge in [-0.1, -0.05) is 20.8 Å². The molecule has 1 N–H and O–H groups in total. The second-order valence-electron chi connectivity index (χ2n) is 3.67. The number of aliphatic hydroxyl groups excluding tert-OH is 1. The van der Waals surface area contributed by atoms with Crippen LogP contribution in [0.5, 0.6) is 0 Å². The summed E-state index contributed by atoms with van der Waals surface area (Å²) in [5, 5.41) is 9.48. The Hall–Kier alpha value is -0.0800. The Morgan fingerprint density at radius 3 is 2.45 bits per heavy atom. The molecule has 1 heterocycles. The van der Waals surface area contributed by atoms with Crippen molar-refractivity contribution < 1.29 is 9.84 Å². The van der Waals surface area contributed by atoms with E-state index in [9.17, 15) is 5.11 Å². The first-order valence-electron chi connectivity index (χ1n) is 4.48. The van der Waals surface area contributed by atoms with E-state index < -0.39 is 0 Å². The lowest BCUT2D eigenvalue weighted by atomic mass is 10.0. The lowest BCUT2D eigenvalue weighted by Crippen LogP contribution is -2.19. The zero-order chi connectivity index (χ0) is 8.43.